The van der Waals surface area contributed by atoms with Gasteiger partial charge in [-0.05, 0) is 18.3 Å². The second-order valence-corrected chi connectivity index (χ2v) is 7.38. The van der Waals surface area contributed by atoms with E-state index in [1.165, 1.54) is 0 Å². The molecule has 2 atom stereocenters. The first-order chi connectivity index (χ1) is 6.88. The molecule has 5 heteroatoms. The Morgan fingerprint density at radius 2 is 2.07 bits per heavy atom. The average molecular weight is 298 g/mol. The van der Waals surface area contributed by atoms with Crippen molar-refractivity contribution in [1.29, 1.82) is 0 Å². The molecule has 0 aromatic rings. The second kappa shape index (κ2) is 5.15. The van der Waals surface area contributed by atoms with Crippen LogP contribution < -0.4 is 0 Å². The predicted molar refractivity (Wildman–Crippen MR) is 66.7 cm³/mol. The number of hydrogen-bond donors (Lipinski definition) is 0. The Kier molecular flexibility index (Phi) is 4.62. The maximum Gasteiger partial charge on any atom is 0.214 e. The average Bonchev–Trinajstić information content (AvgIpc) is 2.44. The fraction of sp³-hybridized carbons (Fsp3) is 1.00. The molecule has 1 heterocycles. The van der Waals surface area contributed by atoms with E-state index in [0.717, 1.165) is 11.8 Å². The third-order valence-corrected chi connectivity index (χ3v) is 5.81. The molecule has 0 spiro atoms. The normalized spacial score (nSPS) is 28.9. The van der Waals surface area contributed by atoms with E-state index < -0.39 is 10.0 Å². The SMILES string of the molecule is CC(C)CS(=O)(=O)N1CCC(C)C1CBr. The minimum atomic E-state index is -3.05. The number of hydrogen-bond acceptors (Lipinski definition) is 2. The molecule has 0 aromatic heterocycles. The molecule has 0 saturated carbocycles. The maximum absolute atomic E-state index is 12.1. The first-order valence-electron chi connectivity index (χ1n) is 5.44. The molecule has 1 rings (SSSR count). The fourth-order valence-corrected chi connectivity index (χ4v) is 5.36. The van der Waals surface area contributed by atoms with Gasteiger partial charge >= 0.3 is 0 Å². The van der Waals surface area contributed by atoms with E-state index in [9.17, 15) is 8.42 Å². The van der Waals surface area contributed by atoms with Gasteiger partial charge in [0.1, 0.15) is 0 Å². The molecule has 0 bridgehead atoms. The summed E-state index contributed by atoms with van der Waals surface area (Å²) in [5.41, 5.74) is 0. The molecule has 3 nitrogen and oxygen atoms in total. The van der Waals surface area contributed by atoms with Gasteiger partial charge in [0, 0.05) is 17.9 Å². The Morgan fingerprint density at radius 1 is 1.47 bits per heavy atom. The molecule has 0 aromatic carbocycles. The van der Waals surface area contributed by atoms with Crippen LogP contribution in [0, 0.1) is 11.8 Å². The highest BCUT2D eigenvalue weighted by atomic mass is 79.9. The highest BCUT2D eigenvalue weighted by Gasteiger charge is 2.37. The van der Waals surface area contributed by atoms with Crippen LogP contribution in [0.25, 0.3) is 0 Å². The van der Waals surface area contributed by atoms with E-state index in [4.69, 9.17) is 0 Å². The summed E-state index contributed by atoms with van der Waals surface area (Å²) in [5.74, 6) is 0.927. The number of sulfonamides is 1. The molecule has 90 valence electrons. The summed E-state index contributed by atoms with van der Waals surface area (Å²) in [6.07, 6.45) is 0.980. The maximum atomic E-state index is 12.1. The van der Waals surface area contributed by atoms with Crippen LogP contribution in [0.4, 0.5) is 0 Å². The minimum absolute atomic E-state index is 0.147. The van der Waals surface area contributed by atoms with E-state index in [1.807, 2.05) is 13.8 Å². The van der Waals surface area contributed by atoms with Crippen LogP contribution in [0.2, 0.25) is 0 Å². The van der Waals surface area contributed by atoms with E-state index in [1.54, 1.807) is 4.31 Å². The Hall–Kier alpha value is 0.390. The van der Waals surface area contributed by atoms with Gasteiger partial charge < -0.3 is 0 Å². The third kappa shape index (κ3) is 3.17. The zero-order chi connectivity index (χ0) is 11.6. The lowest BCUT2D eigenvalue weighted by Gasteiger charge is -2.25. The van der Waals surface area contributed by atoms with Gasteiger partial charge in [0.25, 0.3) is 0 Å². The van der Waals surface area contributed by atoms with E-state index in [2.05, 4.69) is 22.9 Å². The summed E-state index contributed by atoms with van der Waals surface area (Å²) in [5, 5.41) is 0.742. The van der Waals surface area contributed by atoms with Crippen LogP contribution in [-0.2, 0) is 10.0 Å². The summed E-state index contributed by atoms with van der Waals surface area (Å²) in [6.45, 7) is 6.70. The Balaban J connectivity index is 2.79. The van der Waals surface area contributed by atoms with Crippen LogP contribution >= 0.6 is 15.9 Å². The number of halogens is 1. The molecular formula is C10H20BrNO2S. The number of alkyl halides is 1. The lowest BCUT2D eigenvalue weighted by Crippen LogP contribution is -2.40. The van der Waals surface area contributed by atoms with Crippen molar-refractivity contribution in [2.75, 3.05) is 17.6 Å². The standard InChI is InChI=1S/C10H20BrNO2S/c1-8(2)7-15(13,14)12-5-4-9(3)10(12)6-11/h8-10H,4-7H2,1-3H3. The summed E-state index contributed by atoms with van der Waals surface area (Å²) in [6, 6.07) is 0.147. The lowest BCUT2D eigenvalue weighted by molar-refractivity contribution is 0.375. The van der Waals surface area contributed by atoms with Gasteiger partial charge in [-0.15, -0.1) is 0 Å². The van der Waals surface area contributed by atoms with Crippen molar-refractivity contribution in [3.8, 4) is 0 Å². The molecule has 2 unspecified atom stereocenters. The second-order valence-electron chi connectivity index (χ2n) is 4.77. The third-order valence-electron chi connectivity index (χ3n) is 2.89. The zero-order valence-electron chi connectivity index (χ0n) is 9.61. The van der Waals surface area contributed by atoms with Crippen LogP contribution in [0.15, 0.2) is 0 Å². The van der Waals surface area contributed by atoms with Crippen LogP contribution in [0.3, 0.4) is 0 Å². The first kappa shape index (κ1) is 13.5. The summed E-state index contributed by atoms with van der Waals surface area (Å²) < 4.78 is 25.8. The van der Waals surface area contributed by atoms with Crippen LogP contribution in [0.5, 0.6) is 0 Å². The summed E-state index contributed by atoms with van der Waals surface area (Å²) in [7, 11) is -3.05. The van der Waals surface area contributed by atoms with E-state index >= 15 is 0 Å². The summed E-state index contributed by atoms with van der Waals surface area (Å²) >= 11 is 3.41. The molecule has 0 radical (unpaired) electrons. The molecule has 0 amide bonds. The molecule has 0 aliphatic carbocycles. The quantitative estimate of drug-likeness (QED) is 0.745. The molecule has 15 heavy (non-hydrogen) atoms. The number of nitrogens with zero attached hydrogens (tertiary/aromatic N) is 1. The first-order valence-corrected chi connectivity index (χ1v) is 8.17. The van der Waals surface area contributed by atoms with E-state index in [0.29, 0.717) is 12.5 Å². The molecule has 1 aliphatic rings. The van der Waals surface area contributed by atoms with Crippen LogP contribution in [-0.4, -0.2) is 36.4 Å². The van der Waals surface area contributed by atoms with Gasteiger partial charge in [-0.1, -0.05) is 36.7 Å². The molecule has 1 saturated heterocycles. The molecular weight excluding hydrogens is 278 g/mol. The van der Waals surface area contributed by atoms with Crippen molar-refractivity contribution < 1.29 is 8.42 Å². The number of rotatable bonds is 4. The van der Waals surface area contributed by atoms with Gasteiger partial charge in [-0.25, -0.2) is 8.42 Å². The molecule has 0 N–H and O–H groups in total. The molecule has 1 aliphatic heterocycles. The van der Waals surface area contributed by atoms with E-state index in [-0.39, 0.29) is 17.7 Å². The van der Waals surface area contributed by atoms with Crippen molar-refractivity contribution in [2.45, 2.75) is 33.2 Å². The highest BCUT2D eigenvalue weighted by Crippen LogP contribution is 2.28. The van der Waals surface area contributed by atoms with Crippen molar-refractivity contribution in [1.82, 2.24) is 4.31 Å². The van der Waals surface area contributed by atoms with Crippen molar-refractivity contribution >= 4 is 26.0 Å². The van der Waals surface area contributed by atoms with Gasteiger partial charge in [-0.3, -0.25) is 0 Å². The van der Waals surface area contributed by atoms with Crippen molar-refractivity contribution in [3.05, 3.63) is 0 Å². The van der Waals surface area contributed by atoms with Gasteiger partial charge in [0.2, 0.25) is 10.0 Å². The predicted octanol–water partition coefficient (Wildman–Crippen LogP) is 2.08. The topological polar surface area (TPSA) is 37.4 Å². The molecule has 1 fully saturated rings. The minimum Gasteiger partial charge on any atom is -0.212 e. The fourth-order valence-electron chi connectivity index (χ4n) is 2.06. The van der Waals surface area contributed by atoms with Gasteiger partial charge in [0.05, 0.1) is 5.75 Å². The summed E-state index contributed by atoms with van der Waals surface area (Å²) in [4.78, 5) is 0. The Bertz CT molecular complexity index is 303. The Morgan fingerprint density at radius 3 is 2.53 bits per heavy atom. The Labute approximate surface area is 101 Å². The van der Waals surface area contributed by atoms with Gasteiger partial charge in [0.15, 0.2) is 0 Å². The largest absolute Gasteiger partial charge is 0.214 e. The smallest absolute Gasteiger partial charge is 0.212 e. The van der Waals surface area contributed by atoms with Crippen LogP contribution in [0.1, 0.15) is 27.2 Å². The lowest BCUT2D eigenvalue weighted by atomic mass is 10.1. The van der Waals surface area contributed by atoms with Crippen molar-refractivity contribution in [2.24, 2.45) is 11.8 Å². The van der Waals surface area contributed by atoms with Crippen molar-refractivity contribution in [3.63, 3.8) is 0 Å². The zero-order valence-corrected chi connectivity index (χ0v) is 12.0. The highest BCUT2D eigenvalue weighted by molar-refractivity contribution is 9.09. The monoisotopic (exact) mass is 297 g/mol. The van der Waals surface area contributed by atoms with Gasteiger partial charge in [-0.2, -0.15) is 4.31 Å².